The molecule has 1 N–H and O–H groups in total. The number of carbonyl (C=O) groups excluding carboxylic acids is 1. The number of amides is 1. The van der Waals surface area contributed by atoms with Crippen molar-refractivity contribution in [1.29, 1.82) is 0 Å². The Labute approximate surface area is 160 Å². The number of hydrogen-bond donors (Lipinski definition) is 1. The van der Waals surface area contributed by atoms with Crippen LogP contribution in [-0.4, -0.2) is 50.1 Å². The number of carboxylic acid groups (broad SMARTS) is 1. The first-order valence-electron chi connectivity index (χ1n) is 9.38. The van der Waals surface area contributed by atoms with Gasteiger partial charge in [-0.15, -0.1) is 0 Å². The first-order chi connectivity index (χ1) is 13.0. The fourth-order valence-corrected chi connectivity index (χ4v) is 3.32. The van der Waals surface area contributed by atoms with E-state index in [1.807, 2.05) is 0 Å². The number of anilines is 1. The molecule has 1 aliphatic rings. The summed E-state index contributed by atoms with van der Waals surface area (Å²) in [6.45, 7) is 2.26. The number of methoxy groups -OCH3 is 2. The molecule has 0 spiro atoms. The van der Waals surface area contributed by atoms with Gasteiger partial charge < -0.3 is 24.2 Å². The van der Waals surface area contributed by atoms with Crippen LogP contribution in [0.5, 0.6) is 5.75 Å². The van der Waals surface area contributed by atoms with Crippen LogP contribution in [0.1, 0.15) is 39.0 Å². The SMILES string of the molecule is CCCCCC[C@H](C(=O)O)C(=O)N1CC(C(OC)OC)Oc2ccccc21. The molecule has 1 unspecified atom stereocenters. The fourth-order valence-electron chi connectivity index (χ4n) is 3.32. The Hall–Kier alpha value is -2.12. The van der Waals surface area contributed by atoms with Crippen molar-refractivity contribution in [2.45, 2.75) is 51.4 Å². The molecule has 1 heterocycles. The maximum absolute atomic E-state index is 13.1. The highest BCUT2D eigenvalue weighted by Crippen LogP contribution is 2.35. The lowest BCUT2D eigenvalue weighted by Gasteiger charge is -2.38. The summed E-state index contributed by atoms with van der Waals surface area (Å²) in [6, 6.07) is 7.11. The lowest BCUT2D eigenvalue weighted by Crippen LogP contribution is -2.52. The number of carbonyl (C=O) groups is 2. The van der Waals surface area contributed by atoms with E-state index < -0.39 is 30.2 Å². The van der Waals surface area contributed by atoms with Crippen LogP contribution in [0.2, 0.25) is 0 Å². The number of para-hydroxylation sites is 2. The molecule has 1 aromatic carbocycles. The summed E-state index contributed by atoms with van der Waals surface area (Å²) in [6.07, 6.45) is 2.84. The zero-order valence-electron chi connectivity index (χ0n) is 16.2. The summed E-state index contributed by atoms with van der Waals surface area (Å²) in [5.74, 6) is -2.08. The van der Waals surface area contributed by atoms with Crippen molar-refractivity contribution in [1.82, 2.24) is 0 Å². The zero-order valence-corrected chi connectivity index (χ0v) is 16.2. The van der Waals surface area contributed by atoms with Gasteiger partial charge in [-0.05, 0) is 18.6 Å². The van der Waals surface area contributed by atoms with Crippen molar-refractivity contribution in [3.05, 3.63) is 24.3 Å². The molecule has 0 bridgehead atoms. The van der Waals surface area contributed by atoms with Gasteiger partial charge in [0.25, 0.3) is 0 Å². The molecule has 0 saturated heterocycles. The summed E-state index contributed by atoms with van der Waals surface area (Å²) >= 11 is 0. The fraction of sp³-hybridized carbons (Fsp3) is 0.600. The van der Waals surface area contributed by atoms with Crippen LogP contribution >= 0.6 is 0 Å². The molecule has 7 heteroatoms. The topological polar surface area (TPSA) is 85.3 Å². The maximum Gasteiger partial charge on any atom is 0.316 e. The van der Waals surface area contributed by atoms with Gasteiger partial charge in [-0.3, -0.25) is 9.59 Å². The van der Waals surface area contributed by atoms with Crippen LogP contribution in [-0.2, 0) is 19.1 Å². The van der Waals surface area contributed by atoms with Gasteiger partial charge in [0.05, 0.1) is 12.2 Å². The lowest BCUT2D eigenvalue weighted by molar-refractivity contribution is -0.157. The third kappa shape index (κ3) is 5.20. The second-order valence-corrected chi connectivity index (χ2v) is 6.65. The van der Waals surface area contributed by atoms with Gasteiger partial charge in [0.1, 0.15) is 11.7 Å². The van der Waals surface area contributed by atoms with Gasteiger partial charge >= 0.3 is 5.97 Å². The van der Waals surface area contributed by atoms with Crippen LogP contribution in [0.3, 0.4) is 0 Å². The molecule has 2 atom stereocenters. The lowest BCUT2D eigenvalue weighted by atomic mass is 9.98. The predicted octanol–water partition coefficient (Wildman–Crippen LogP) is 3.07. The zero-order chi connectivity index (χ0) is 19.8. The van der Waals surface area contributed by atoms with Gasteiger partial charge in [0.15, 0.2) is 12.4 Å². The van der Waals surface area contributed by atoms with E-state index >= 15 is 0 Å². The number of fused-ring (bicyclic) bond motifs is 1. The van der Waals surface area contributed by atoms with Gasteiger partial charge in [-0.1, -0.05) is 44.7 Å². The molecule has 0 aliphatic carbocycles. The smallest absolute Gasteiger partial charge is 0.316 e. The van der Waals surface area contributed by atoms with Crippen molar-refractivity contribution in [3.8, 4) is 5.75 Å². The summed E-state index contributed by atoms with van der Waals surface area (Å²) in [4.78, 5) is 26.4. The molecule has 1 aromatic rings. The van der Waals surface area contributed by atoms with E-state index in [2.05, 4.69) is 6.92 Å². The molecular weight excluding hydrogens is 350 g/mol. The highest BCUT2D eigenvalue weighted by Gasteiger charge is 2.39. The van der Waals surface area contributed by atoms with Crippen molar-refractivity contribution < 1.29 is 28.9 Å². The molecule has 150 valence electrons. The first kappa shape index (κ1) is 21.2. The molecule has 0 fully saturated rings. The number of hydrogen-bond acceptors (Lipinski definition) is 5. The van der Waals surface area contributed by atoms with E-state index in [1.54, 1.807) is 24.3 Å². The molecular formula is C20H29NO6. The molecule has 2 rings (SSSR count). The first-order valence-corrected chi connectivity index (χ1v) is 9.38. The molecule has 1 aliphatic heterocycles. The van der Waals surface area contributed by atoms with Crippen molar-refractivity contribution >= 4 is 17.6 Å². The summed E-state index contributed by atoms with van der Waals surface area (Å²) in [5, 5.41) is 9.62. The number of benzene rings is 1. The highest BCUT2D eigenvalue weighted by atomic mass is 16.7. The number of ether oxygens (including phenoxy) is 3. The van der Waals surface area contributed by atoms with Crippen LogP contribution in [0, 0.1) is 5.92 Å². The number of unbranched alkanes of at least 4 members (excludes halogenated alkanes) is 3. The van der Waals surface area contributed by atoms with Crippen LogP contribution in [0.15, 0.2) is 24.3 Å². The number of nitrogens with zero attached hydrogens (tertiary/aromatic N) is 1. The molecule has 0 saturated carbocycles. The molecule has 27 heavy (non-hydrogen) atoms. The van der Waals surface area contributed by atoms with Crippen LogP contribution < -0.4 is 9.64 Å². The monoisotopic (exact) mass is 379 g/mol. The quantitative estimate of drug-likeness (QED) is 0.382. The Bertz CT molecular complexity index is 631. The molecule has 0 radical (unpaired) electrons. The standard InChI is InChI=1S/C20H29NO6/c1-4-5-6-7-10-14(19(23)24)18(22)21-13-17(20(25-2)26-3)27-16-12-9-8-11-15(16)21/h8-9,11-12,14,17,20H,4-7,10,13H2,1-3H3,(H,23,24)/t14-,17?/m0/s1. The minimum absolute atomic E-state index is 0.168. The van der Waals surface area contributed by atoms with Crippen molar-refractivity contribution in [2.75, 3.05) is 25.7 Å². The number of rotatable bonds is 10. The van der Waals surface area contributed by atoms with Crippen molar-refractivity contribution in [2.24, 2.45) is 5.92 Å². The third-order valence-electron chi connectivity index (χ3n) is 4.77. The van der Waals surface area contributed by atoms with Gasteiger partial charge in [0, 0.05) is 14.2 Å². The Morgan fingerprint density at radius 1 is 1.22 bits per heavy atom. The van der Waals surface area contributed by atoms with Crippen molar-refractivity contribution in [3.63, 3.8) is 0 Å². The predicted molar refractivity (Wildman–Crippen MR) is 101 cm³/mol. The Morgan fingerprint density at radius 2 is 1.93 bits per heavy atom. The van der Waals surface area contributed by atoms with E-state index in [-0.39, 0.29) is 6.54 Å². The largest absolute Gasteiger partial charge is 0.481 e. The van der Waals surface area contributed by atoms with Gasteiger partial charge in [0.2, 0.25) is 5.91 Å². The van der Waals surface area contributed by atoms with Crippen LogP contribution in [0.25, 0.3) is 0 Å². The second kappa shape index (κ2) is 10.3. The van der Waals surface area contributed by atoms with E-state index in [9.17, 15) is 14.7 Å². The third-order valence-corrected chi connectivity index (χ3v) is 4.77. The minimum Gasteiger partial charge on any atom is -0.481 e. The molecule has 1 amide bonds. The summed E-state index contributed by atoms with van der Waals surface area (Å²) in [7, 11) is 3.00. The average molecular weight is 379 g/mol. The summed E-state index contributed by atoms with van der Waals surface area (Å²) < 4.78 is 16.5. The highest BCUT2D eigenvalue weighted by molar-refractivity contribution is 6.06. The van der Waals surface area contributed by atoms with Crippen LogP contribution in [0.4, 0.5) is 5.69 Å². The Balaban J connectivity index is 2.24. The normalized spacial score (nSPS) is 17.3. The van der Waals surface area contributed by atoms with E-state index in [0.717, 1.165) is 19.3 Å². The molecule has 7 nitrogen and oxygen atoms in total. The minimum atomic E-state index is -1.09. The maximum atomic E-state index is 13.1. The number of carboxylic acids is 1. The average Bonchev–Trinajstić information content (AvgIpc) is 2.67. The second-order valence-electron chi connectivity index (χ2n) is 6.65. The van der Waals surface area contributed by atoms with E-state index in [4.69, 9.17) is 14.2 Å². The van der Waals surface area contributed by atoms with E-state index in [1.165, 1.54) is 19.1 Å². The Kier molecular flexibility index (Phi) is 8.06. The summed E-state index contributed by atoms with van der Waals surface area (Å²) in [5.41, 5.74) is 0.574. The van der Waals surface area contributed by atoms with Gasteiger partial charge in [-0.25, -0.2) is 0 Å². The molecule has 0 aromatic heterocycles. The van der Waals surface area contributed by atoms with Gasteiger partial charge in [-0.2, -0.15) is 0 Å². The van der Waals surface area contributed by atoms with E-state index in [0.29, 0.717) is 24.3 Å². The Morgan fingerprint density at radius 3 is 2.56 bits per heavy atom. The number of aliphatic carboxylic acids is 1.